The van der Waals surface area contributed by atoms with Crippen molar-refractivity contribution in [3.8, 4) is 0 Å². The van der Waals surface area contributed by atoms with E-state index in [4.69, 9.17) is 14.2 Å². The molecule has 0 radical (unpaired) electrons. The van der Waals surface area contributed by atoms with Gasteiger partial charge in [0.05, 0.1) is 25.9 Å². The maximum absolute atomic E-state index is 5.57. The Labute approximate surface area is 67.6 Å². The quantitative estimate of drug-likeness (QED) is 0.570. The molecule has 0 saturated carbocycles. The SMILES string of the molecule is COCCOC1(C)COC1C. The predicted octanol–water partition coefficient (Wildman–Crippen LogP) is 0.827. The Kier molecular flexibility index (Phi) is 2.87. The van der Waals surface area contributed by atoms with Crippen LogP contribution in [0.15, 0.2) is 0 Å². The fraction of sp³-hybridized carbons (Fsp3) is 1.00. The molecule has 3 nitrogen and oxygen atoms in total. The minimum atomic E-state index is -0.0709. The number of ether oxygens (including phenoxy) is 3. The van der Waals surface area contributed by atoms with Crippen molar-refractivity contribution < 1.29 is 14.2 Å². The van der Waals surface area contributed by atoms with Gasteiger partial charge in [-0.1, -0.05) is 0 Å². The van der Waals surface area contributed by atoms with Gasteiger partial charge in [-0.05, 0) is 13.8 Å². The zero-order valence-corrected chi connectivity index (χ0v) is 7.42. The van der Waals surface area contributed by atoms with E-state index in [2.05, 4.69) is 6.92 Å². The summed E-state index contributed by atoms with van der Waals surface area (Å²) in [4.78, 5) is 0. The molecule has 2 unspecified atom stereocenters. The molecule has 66 valence electrons. The second kappa shape index (κ2) is 3.52. The Balaban J connectivity index is 2.14. The van der Waals surface area contributed by atoms with Crippen LogP contribution >= 0.6 is 0 Å². The maximum atomic E-state index is 5.57. The van der Waals surface area contributed by atoms with Crippen LogP contribution in [0.2, 0.25) is 0 Å². The van der Waals surface area contributed by atoms with Gasteiger partial charge in [0.2, 0.25) is 0 Å². The van der Waals surface area contributed by atoms with E-state index in [1.54, 1.807) is 7.11 Å². The van der Waals surface area contributed by atoms with Crippen LogP contribution in [-0.4, -0.2) is 38.6 Å². The Bertz CT molecular complexity index is 127. The van der Waals surface area contributed by atoms with Crippen molar-refractivity contribution in [2.75, 3.05) is 26.9 Å². The van der Waals surface area contributed by atoms with Crippen molar-refractivity contribution in [2.24, 2.45) is 0 Å². The first kappa shape index (κ1) is 8.97. The van der Waals surface area contributed by atoms with Gasteiger partial charge in [-0.25, -0.2) is 0 Å². The lowest BCUT2D eigenvalue weighted by atomic mass is 9.96. The highest BCUT2D eigenvalue weighted by molar-refractivity contribution is 4.90. The molecule has 0 amide bonds. The summed E-state index contributed by atoms with van der Waals surface area (Å²) in [6.07, 6.45) is 0.222. The van der Waals surface area contributed by atoms with Crippen molar-refractivity contribution in [3.05, 3.63) is 0 Å². The highest BCUT2D eigenvalue weighted by atomic mass is 16.6. The van der Waals surface area contributed by atoms with Crippen molar-refractivity contribution in [1.82, 2.24) is 0 Å². The lowest BCUT2D eigenvalue weighted by Gasteiger charge is -2.44. The summed E-state index contributed by atoms with van der Waals surface area (Å²) in [7, 11) is 1.67. The number of hydrogen-bond donors (Lipinski definition) is 0. The van der Waals surface area contributed by atoms with E-state index in [1.165, 1.54) is 0 Å². The van der Waals surface area contributed by atoms with Gasteiger partial charge in [0.25, 0.3) is 0 Å². The monoisotopic (exact) mass is 160 g/mol. The van der Waals surface area contributed by atoms with E-state index in [0.717, 1.165) is 0 Å². The molecular weight excluding hydrogens is 144 g/mol. The van der Waals surface area contributed by atoms with Gasteiger partial charge < -0.3 is 14.2 Å². The summed E-state index contributed by atoms with van der Waals surface area (Å²) in [6.45, 7) is 6.11. The standard InChI is InChI=1S/C8H16O3/c1-7-8(2,6-10-7)11-5-4-9-3/h7H,4-6H2,1-3H3. The van der Waals surface area contributed by atoms with Crippen LogP contribution in [0, 0.1) is 0 Å². The van der Waals surface area contributed by atoms with Gasteiger partial charge in [-0.2, -0.15) is 0 Å². The maximum Gasteiger partial charge on any atom is 0.114 e. The molecule has 1 aliphatic rings. The lowest BCUT2D eigenvalue weighted by Crippen LogP contribution is -2.56. The first-order valence-corrected chi connectivity index (χ1v) is 3.93. The molecule has 1 heterocycles. The molecule has 2 atom stereocenters. The average Bonchev–Trinajstić information content (AvgIpc) is 2.02. The molecule has 1 rings (SSSR count). The van der Waals surface area contributed by atoms with E-state index in [0.29, 0.717) is 19.8 Å². The van der Waals surface area contributed by atoms with E-state index in [9.17, 15) is 0 Å². The van der Waals surface area contributed by atoms with Gasteiger partial charge in [0, 0.05) is 7.11 Å². The van der Waals surface area contributed by atoms with Crippen molar-refractivity contribution in [1.29, 1.82) is 0 Å². The first-order chi connectivity index (χ1) is 5.19. The topological polar surface area (TPSA) is 27.7 Å². The normalized spacial score (nSPS) is 36.8. The summed E-state index contributed by atoms with van der Waals surface area (Å²) < 4.78 is 15.7. The van der Waals surface area contributed by atoms with Crippen molar-refractivity contribution >= 4 is 0 Å². The lowest BCUT2D eigenvalue weighted by molar-refractivity contribution is -0.247. The van der Waals surface area contributed by atoms with Crippen LogP contribution in [0.1, 0.15) is 13.8 Å². The summed E-state index contributed by atoms with van der Waals surface area (Å²) in [6, 6.07) is 0. The predicted molar refractivity (Wildman–Crippen MR) is 41.6 cm³/mol. The van der Waals surface area contributed by atoms with Crippen LogP contribution in [0.4, 0.5) is 0 Å². The summed E-state index contributed by atoms with van der Waals surface area (Å²) in [5.74, 6) is 0. The van der Waals surface area contributed by atoms with Crippen LogP contribution in [-0.2, 0) is 14.2 Å². The Hall–Kier alpha value is -0.120. The number of rotatable bonds is 4. The molecular formula is C8H16O3. The molecule has 3 heteroatoms. The van der Waals surface area contributed by atoms with E-state index >= 15 is 0 Å². The highest BCUT2D eigenvalue weighted by Gasteiger charge is 2.42. The minimum Gasteiger partial charge on any atom is -0.382 e. The summed E-state index contributed by atoms with van der Waals surface area (Å²) >= 11 is 0. The largest absolute Gasteiger partial charge is 0.382 e. The number of methoxy groups -OCH3 is 1. The zero-order chi connectivity index (χ0) is 8.32. The van der Waals surface area contributed by atoms with Gasteiger partial charge >= 0.3 is 0 Å². The zero-order valence-electron chi connectivity index (χ0n) is 7.42. The molecule has 0 aromatic carbocycles. The fourth-order valence-corrected chi connectivity index (χ4v) is 1.00. The molecule has 0 N–H and O–H groups in total. The molecule has 11 heavy (non-hydrogen) atoms. The van der Waals surface area contributed by atoms with E-state index in [-0.39, 0.29) is 11.7 Å². The smallest absolute Gasteiger partial charge is 0.114 e. The molecule has 0 aromatic rings. The molecule has 1 aliphatic heterocycles. The third kappa shape index (κ3) is 1.92. The second-order valence-electron chi connectivity index (χ2n) is 3.11. The molecule has 1 fully saturated rings. The Morgan fingerprint density at radius 2 is 2.27 bits per heavy atom. The summed E-state index contributed by atoms with van der Waals surface area (Å²) in [5, 5.41) is 0. The highest BCUT2D eigenvalue weighted by Crippen LogP contribution is 2.28. The van der Waals surface area contributed by atoms with Gasteiger partial charge in [0.15, 0.2) is 0 Å². The Morgan fingerprint density at radius 3 is 2.64 bits per heavy atom. The van der Waals surface area contributed by atoms with Crippen LogP contribution < -0.4 is 0 Å². The average molecular weight is 160 g/mol. The third-order valence-corrected chi connectivity index (χ3v) is 2.20. The molecule has 0 bridgehead atoms. The van der Waals surface area contributed by atoms with E-state index < -0.39 is 0 Å². The van der Waals surface area contributed by atoms with Gasteiger partial charge in [0.1, 0.15) is 5.60 Å². The van der Waals surface area contributed by atoms with Gasteiger partial charge in [-0.3, -0.25) is 0 Å². The third-order valence-electron chi connectivity index (χ3n) is 2.20. The van der Waals surface area contributed by atoms with Crippen molar-refractivity contribution in [3.63, 3.8) is 0 Å². The summed E-state index contributed by atoms with van der Waals surface area (Å²) in [5.41, 5.74) is -0.0709. The second-order valence-corrected chi connectivity index (χ2v) is 3.11. The molecule has 0 aromatic heterocycles. The fourth-order valence-electron chi connectivity index (χ4n) is 1.00. The minimum absolute atomic E-state index is 0.0709. The number of hydrogen-bond acceptors (Lipinski definition) is 3. The van der Waals surface area contributed by atoms with Crippen LogP contribution in [0.25, 0.3) is 0 Å². The first-order valence-electron chi connectivity index (χ1n) is 3.93. The van der Waals surface area contributed by atoms with Crippen LogP contribution in [0.5, 0.6) is 0 Å². The molecule has 0 spiro atoms. The molecule has 0 aliphatic carbocycles. The molecule has 1 saturated heterocycles. The van der Waals surface area contributed by atoms with Crippen molar-refractivity contribution in [2.45, 2.75) is 25.6 Å². The van der Waals surface area contributed by atoms with Crippen LogP contribution in [0.3, 0.4) is 0 Å². The van der Waals surface area contributed by atoms with Gasteiger partial charge in [-0.15, -0.1) is 0 Å². The Morgan fingerprint density at radius 1 is 1.55 bits per heavy atom. The van der Waals surface area contributed by atoms with E-state index in [1.807, 2.05) is 6.92 Å².